The molecule has 0 radical (unpaired) electrons. The third kappa shape index (κ3) is 2.89. The third-order valence-corrected chi connectivity index (χ3v) is 7.49. The monoisotopic (exact) mass is 444 g/mol. The molecule has 0 atom stereocenters. The Morgan fingerprint density at radius 1 is 0.844 bits per heavy atom. The van der Waals surface area contributed by atoms with Gasteiger partial charge in [-0.2, -0.15) is 0 Å². The molecule has 1 aliphatic rings. The molecular formula is C25H20N2O4S. The fourth-order valence-electron chi connectivity index (χ4n) is 4.44. The van der Waals surface area contributed by atoms with Crippen LogP contribution in [0.5, 0.6) is 0 Å². The lowest BCUT2D eigenvalue weighted by Crippen LogP contribution is -2.22. The van der Waals surface area contributed by atoms with Crippen molar-refractivity contribution in [1.82, 2.24) is 4.57 Å². The second-order valence-electron chi connectivity index (χ2n) is 8.09. The Kier molecular flexibility index (Phi) is 4.36. The van der Waals surface area contributed by atoms with Crippen molar-refractivity contribution < 1.29 is 13.2 Å². The van der Waals surface area contributed by atoms with Gasteiger partial charge in [-0.25, -0.2) is 8.42 Å². The van der Waals surface area contributed by atoms with E-state index in [1.807, 2.05) is 13.0 Å². The van der Waals surface area contributed by atoms with Gasteiger partial charge in [-0.15, -0.1) is 0 Å². The highest BCUT2D eigenvalue weighted by Gasteiger charge is 2.30. The molecule has 160 valence electrons. The van der Waals surface area contributed by atoms with Crippen LogP contribution in [0.2, 0.25) is 0 Å². The van der Waals surface area contributed by atoms with Crippen molar-refractivity contribution in [3.05, 3.63) is 93.3 Å². The van der Waals surface area contributed by atoms with E-state index in [1.165, 1.54) is 10.6 Å². The molecule has 3 aromatic carbocycles. The van der Waals surface area contributed by atoms with Crippen LogP contribution in [0.1, 0.15) is 27.0 Å². The number of benzene rings is 3. The molecule has 1 heterocycles. The standard InChI is InChI=1S/C25H20N2O4S/c1-14-8-11-21(15(2)12-14)32(30,31)26-19-9-10-20-23-18(13-22(28)27(20)3)16-6-4-5-7-17(16)25(29)24(19)23/h4-13,26H,1-3H3. The first-order chi connectivity index (χ1) is 15.2. The predicted octanol–water partition coefficient (Wildman–Crippen LogP) is 4.17. The summed E-state index contributed by atoms with van der Waals surface area (Å²) in [6.07, 6.45) is 0. The van der Waals surface area contributed by atoms with Gasteiger partial charge in [-0.1, -0.05) is 42.0 Å². The SMILES string of the molecule is Cc1ccc(S(=O)(=O)Nc2ccc3c4c(cc(=O)n3C)-c3ccccc3C(=O)c24)c(C)c1. The molecule has 0 fully saturated rings. The zero-order chi connectivity index (χ0) is 22.8. The van der Waals surface area contributed by atoms with Gasteiger partial charge in [0.1, 0.15) is 0 Å². The van der Waals surface area contributed by atoms with E-state index in [9.17, 15) is 18.0 Å². The molecule has 0 unspecified atom stereocenters. The van der Waals surface area contributed by atoms with Gasteiger partial charge in [0.05, 0.1) is 21.7 Å². The molecular weight excluding hydrogens is 424 g/mol. The van der Waals surface area contributed by atoms with Gasteiger partial charge in [-0.05, 0) is 48.7 Å². The van der Waals surface area contributed by atoms with Gasteiger partial charge in [-0.3, -0.25) is 14.3 Å². The van der Waals surface area contributed by atoms with Crippen LogP contribution in [0.25, 0.3) is 22.0 Å². The van der Waals surface area contributed by atoms with Crippen LogP contribution < -0.4 is 10.3 Å². The number of fused-ring (bicyclic) bond motifs is 2. The Morgan fingerprint density at radius 3 is 2.28 bits per heavy atom. The average Bonchev–Trinajstić information content (AvgIpc) is 2.74. The van der Waals surface area contributed by atoms with E-state index >= 15 is 0 Å². The van der Waals surface area contributed by atoms with Crippen molar-refractivity contribution in [2.24, 2.45) is 7.05 Å². The van der Waals surface area contributed by atoms with Gasteiger partial charge in [0.2, 0.25) is 0 Å². The average molecular weight is 445 g/mol. The van der Waals surface area contributed by atoms with Gasteiger partial charge in [0.25, 0.3) is 15.6 Å². The second kappa shape index (κ2) is 6.90. The Bertz CT molecular complexity index is 1630. The molecule has 0 saturated heterocycles. The zero-order valence-corrected chi connectivity index (χ0v) is 18.6. The number of nitrogens with zero attached hydrogens (tertiary/aromatic N) is 1. The van der Waals surface area contributed by atoms with Crippen molar-refractivity contribution in [2.75, 3.05) is 4.72 Å². The molecule has 6 nitrogen and oxygen atoms in total. The van der Waals surface area contributed by atoms with E-state index in [2.05, 4.69) is 4.72 Å². The normalized spacial score (nSPS) is 12.7. The first-order valence-corrected chi connectivity index (χ1v) is 11.6. The molecule has 5 rings (SSSR count). The van der Waals surface area contributed by atoms with Crippen molar-refractivity contribution >= 4 is 32.4 Å². The first kappa shape index (κ1) is 20.2. The summed E-state index contributed by atoms with van der Waals surface area (Å²) in [4.78, 5) is 26.2. The molecule has 32 heavy (non-hydrogen) atoms. The van der Waals surface area contributed by atoms with Crippen molar-refractivity contribution in [2.45, 2.75) is 18.7 Å². The quantitative estimate of drug-likeness (QED) is 0.453. The minimum absolute atomic E-state index is 0.153. The van der Waals surface area contributed by atoms with E-state index in [1.54, 1.807) is 62.5 Å². The van der Waals surface area contributed by atoms with Gasteiger partial charge in [0, 0.05) is 24.1 Å². The van der Waals surface area contributed by atoms with Crippen LogP contribution in [0.3, 0.4) is 0 Å². The molecule has 4 aromatic rings. The summed E-state index contributed by atoms with van der Waals surface area (Å²) in [6.45, 7) is 3.63. The molecule has 1 N–H and O–H groups in total. The summed E-state index contributed by atoms with van der Waals surface area (Å²) in [7, 11) is -2.31. The van der Waals surface area contributed by atoms with Gasteiger partial charge >= 0.3 is 0 Å². The van der Waals surface area contributed by atoms with Crippen LogP contribution >= 0.6 is 0 Å². The number of aryl methyl sites for hydroxylation is 3. The smallest absolute Gasteiger partial charge is 0.262 e. The molecule has 1 aromatic heterocycles. The third-order valence-electron chi connectivity index (χ3n) is 5.97. The fraction of sp³-hybridized carbons (Fsp3) is 0.120. The highest BCUT2D eigenvalue weighted by Crippen LogP contribution is 2.41. The van der Waals surface area contributed by atoms with Crippen LogP contribution in [0.15, 0.2) is 70.4 Å². The van der Waals surface area contributed by atoms with E-state index in [0.29, 0.717) is 33.2 Å². The maximum atomic E-state index is 13.5. The summed E-state index contributed by atoms with van der Waals surface area (Å²) >= 11 is 0. The largest absolute Gasteiger partial charge is 0.311 e. The predicted molar refractivity (Wildman–Crippen MR) is 125 cm³/mol. The molecule has 0 spiro atoms. The molecule has 0 amide bonds. The van der Waals surface area contributed by atoms with Crippen LogP contribution in [0, 0.1) is 13.8 Å². The van der Waals surface area contributed by atoms with Crippen LogP contribution in [0.4, 0.5) is 5.69 Å². The molecule has 7 heteroatoms. The Balaban J connectivity index is 1.79. The van der Waals surface area contributed by atoms with E-state index in [-0.39, 0.29) is 27.5 Å². The van der Waals surface area contributed by atoms with Gasteiger partial charge < -0.3 is 4.57 Å². The van der Waals surface area contributed by atoms with Crippen LogP contribution in [-0.4, -0.2) is 18.8 Å². The summed E-state index contributed by atoms with van der Waals surface area (Å²) in [5, 5.41) is 0.566. The number of pyridine rings is 1. The maximum absolute atomic E-state index is 13.5. The lowest BCUT2D eigenvalue weighted by atomic mass is 9.83. The number of nitrogens with one attached hydrogen (secondary N) is 1. The Labute approximate surface area is 185 Å². The summed E-state index contributed by atoms with van der Waals surface area (Å²) < 4.78 is 30.6. The number of anilines is 1. The lowest BCUT2D eigenvalue weighted by Gasteiger charge is -2.23. The van der Waals surface area contributed by atoms with Crippen LogP contribution in [-0.2, 0) is 17.1 Å². The molecule has 1 aliphatic carbocycles. The zero-order valence-electron chi connectivity index (χ0n) is 17.8. The van der Waals surface area contributed by atoms with E-state index in [0.717, 1.165) is 5.56 Å². The van der Waals surface area contributed by atoms with E-state index in [4.69, 9.17) is 0 Å². The molecule has 0 saturated carbocycles. The van der Waals surface area contributed by atoms with Gasteiger partial charge in [0.15, 0.2) is 5.78 Å². The number of carbonyl (C=O) groups is 1. The Morgan fingerprint density at radius 2 is 1.56 bits per heavy atom. The fourth-order valence-corrected chi connectivity index (χ4v) is 5.74. The Hall–Kier alpha value is -3.71. The number of carbonyl (C=O) groups excluding carboxylic acids is 1. The molecule has 0 aliphatic heterocycles. The number of sulfonamides is 1. The maximum Gasteiger partial charge on any atom is 0.262 e. The number of ketones is 1. The lowest BCUT2D eigenvalue weighted by molar-refractivity contribution is 0.104. The number of rotatable bonds is 3. The first-order valence-electron chi connectivity index (χ1n) is 10.1. The summed E-state index contributed by atoms with van der Waals surface area (Å²) in [5.74, 6) is -0.282. The topological polar surface area (TPSA) is 85.2 Å². The van der Waals surface area contributed by atoms with Crippen molar-refractivity contribution in [3.8, 4) is 11.1 Å². The minimum Gasteiger partial charge on any atom is -0.311 e. The van der Waals surface area contributed by atoms with E-state index < -0.39 is 10.0 Å². The highest BCUT2D eigenvalue weighted by atomic mass is 32.2. The second-order valence-corrected chi connectivity index (χ2v) is 9.74. The number of aromatic nitrogens is 1. The number of hydrogen-bond acceptors (Lipinski definition) is 4. The van der Waals surface area contributed by atoms with Crippen molar-refractivity contribution in [3.63, 3.8) is 0 Å². The van der Waals surface area contributed by atoms with Crippen molar-refractivity contribution in [1.29, 1.82) is 0 Å². The highest BCUT2D eigenvalue weighted by molar-refractivity contribution is 7.92. The minimum atomic E-state index is -3.94. The molecule has 0 bridgehead atoms. The number of hydrogen-bond donors (Lipinski definition) is 1. The summed E-state index contributed by atoms with van der Waals surface area (Å²) in [5.41, 5.74) is 4.12. The summed E-state index contributed by atoms with van der Waals surface area (Å²) in [6, 6.07) is 16.9.